The van der Waals surface area contributed by atoms with Crippen LogP contribution in [0.4, 0.5) is 0 Å². The highest BCUT2D eigenvalue weighted by atomic mass is 35.5. The van der Waals surface area contributed by atoms with Crippen LogP contribution in [0.2, 0.25) is 5.02 Å². The predicted molar refractivity (Wildman–Crippen MR) is 78.6 cm³/mol. The Kier molecular flexibility index (Phi) is 5.93. The molecule has 0 amide bonds. The Morgan fingerprint density at radius 3 is 2.61 bits per heavy atom. The second-order valence-corrected chi connectivity index (χ2v) is 5.50. The van der Waals surface area contributed by atoms with Gasteiger partial charge in [0.25, 0.3) is 0 Å². The van der Waals surface area contributed by atoms with Crippen LogP contribution in [0.3, 0.4) is 0 Å². The Bertz CT molecular complexity index is 369. The fourth-order valence-electron chi connectivity index (χ4n) is 2.89. The van der Waals surface area contributed by atoms with E-state index in [1.54, 1.807) is 0 Å². The molecule has 2 atom stereocenters. The topological polar surface area (TPSA) is 32.3 Å². The number of hydrogen-bond acceptors (Lipinski definition) is 2. The Morgan fingerprint density at radius 1 is 1.39 bits per heavy atom. The quantitative estimate of drug-likeness (QED) is 0.893. The molecule has 102 valence electrons. The number of halogens is 2. The summed E-state index contributed by atoms with van der Waals surface area (Å²) >= 11 is 5.89. The molecule has 1 aliphatic heterocycles. The maximum atomic E-state index is 9.77. The summed E-state index contributed by atoms with van der Waals surface area (Å²) in [6.07, 6.45) is 2.04. The van der Waals surface area contributed by atoms with Crippen molar-refractivity contribution in [2.75, 3.05) is 19.7 Å². The molecule has 0 bridgehead atoms. The Balaban J connectivity index is 0.00000162. The zero-order valence-electron chi connectivity index (χ0n) is 10.7. The summed E-state index contributed by atoms with van der Waals surface area (Å²) in [4.78, 5) is 0. The van der Waals surface area contributed by atoms with E-state index in [-0.39, 0.29) is 24.4 Å². The summed E-state index contributed by atoms with van der Waals surface area (Å²) in [5.41, 5.74) is 1.26. The van der Waals surface area contributed by atoms with Gasteiger partial charge in [0.1, 0.15) is 0 Å². The third-order valence-corrected chi connectivity index (χ3v) is 4.26. The number of aliphatic hydroxyl groups is 1. The average Bonchev–Trinajstić information content (AvgIpc) is 2.75. The van der Waals surface area contributed by atoms with Crippen LogP contribution in [-0.4, -0.2) is 24.8 Å². The highest BCUT2D eigenvalue weighted by Crippen LogP contribution is 2.36. The first kappa shape index (κ1) is 15.8. The van der Waals surface area contributed by atoms with Crippen molar-refractivity contribution in [3.63, 3.8) is 0 Å². The fraction of sp³-hybridized carbons (Fsp3) is 0.571. The highest BCUT2D eigenvalue weighted by Gasteiger charge is 2.41. The van der Waals surface area contributed by atoms with Crippen LogP contribution < -0.4 is 5.32 Å². The van der Waals surface area contributed by atoms with Crippen LogP contribution in [-0.2, 0) is 6.42 Å². The minimum Gasteiger partial charge on any atom is -0.396 e. The molecule has 1 fully saturated rings. The van der Waals surface area contributed by atoms with E-state index in [0.717, 1.165) is 31.0 Å². The van der Waals surface area contributed by atoms with E-state index < -0.39 is 0 Å². The SMILES string of the molecule is CCC1CNCC1(CO)Cc1ccc(Cl)cc1.Cl. The zero-order chi connectivity index (χ0) is 12.3. The van der Waals surface area contributed by atoms with E-state index in [1.807, 2.05) is 12.1 Å². The first-order valence-electron chi connectivity index (χ1n) is 6.26. The van der Waals surface area contributed by atoms with Gasteiger partial charge in [-0.2, -0.15) is 0 Å². The summed E-state index contributed by atoms with van der Waals surface area (Å²) in [5.74, 6) is 0.558. The van der Waals surface area contributed by atoms with Crippen molar-refractivity contribution in [2.45, 2.75) is 19.8 Å². The molecule has 0 saturated carbocycles. The van der Waals surface area contributed by atoms with Crippen LogP contribution in [0.15, 0.2) is 24.3 Å². The largest absolute Gasteiger partial charge is 0.396 e. The van der Waals surface area contributed by atoms with Gasteiger partial charge >= 0.3 is 0 Å². The van der Waals surface area contributed by atoms with E-state index >= 15 is 0 Å². The first-order chi connectivity index (χ1) is 8.20. The van der Waals surface area contributed by atoms with E-state index in [4.69, 9.17) is 11.6 Å². The molecule has 0 aliphatic carbocycles. The van der Waals surface area contributed by atoms with Gasteiger partial charge in [0, 0.05) is 17.0 Å². The van der Waals surface area contributed by atoms with Gasteiger partial charge in [0.15, 0.2) is 0 Å². The summed E-state index contributed by atoms with van der Waals surface area (Å²) in [6.45, 7) is 4.38. The average molecular weight is 290 g/mol. The van der Waals surface area contributed by atoms with Crippen molar-refractivity contribution < 1.29 is 5.11 Å². The number of hydrogen-bond donors (Lipinski definition) is 2. The maximum absolute atomic E-state index is 9.77. The van der Waals surface area contributed by atoms with Gasteiger partial charge in [-0.05, 0) is 36.6 Å². The molecular formula is C14H21Cl2NO. The lowest BCUT2D eigenvalue weighted by Gasteiger charge is -2.32. The highest BCUT2D eigenvalue weighted by molar-refractivity contribution is 6.30. The summed E-state index contributed by atoms with van der Waals surface area (Å²) in [6, 6.07) is 7.96. The Labute approximate surface area is 120 Å². The third-order valence-electron chi connectivity index (χ3n) is 4.01. The molecule has 2 nitrogen and oxygen atoms in total. The van der Waals surface area contributed by atoms with Crippen LogP contribution in [0, 0.1) is 11.3 Å². The molecule has 1 saturated heterocycles. The van der Waals surface area contributed by atoms with Crippen LogP contribution in [0.5, 0.6) is 0 Å². The summed E-state index contributed by atoms with van der Waals surface area (Å²) < 4.78 is 0. The minimum absolute atomic E-state index is 0. The van der Waals surface area contributed by atoms with Gasteiger partial charge < -0.3 is 10.4 Å². The Morgan fingerprint density at radius 2 is 2.06 bits per heavy atom. The lowest BCUT2D eigenvalue weighted by Crippen LogP contribution is -2.36. The molecule has 0 spiro atoms. The number of aliphatic hydroxyl groups excluding tert-OH is 1. The van der Waals surface area contributed by atoms with Gasteiger partial charge in [-0.25, -0.2) is 0 Å². The zero-order valence-corrected chi connectivity index (χ0v) is 12.2. The minimum atomic E-state index is 0. The standard InChI is InChI=1S/C14H20ClNO.ClH/c1-2-12-8-16-9-14(12,10-17)7-11-3-5-13(15)6-4-11;/h3-6,12,16-17H,2,7-10H2,1H3;1H. The monoisotopic (exact) mass is 289 g/mol. The normalized spacial score (nSPS) is 26.9. The van der Waals surface area contributed by atoms with Gasteiger partial charge in [0.05, 0.1) is 6.61 Å². The third kappa shape index (κ3) is 3.18. The predicted octanol–water partition coefficient (Wildman–Crippen LogP) is 2.91. The van der Waals surface area contributed by atoms with Crippen molar-refractivity contribution in [3.8, 4) is 0 Å². The van der Waals surface area contributed by atoms with Crippen LogP contribution in [0.25, 0.3) is 0 Å². The smallest absolute Gasteiger partial charge is 0.0505 e. The van der Waals surface area contributed by atoms with Crippen molar-refractivity contribution >= 4 is 24.0 Å². The van der Waals surface area contributed by atoms with Crippen LogP contribution in [0.1, 0.15) is 18.9 Å². The van der Waals surface area contributed by atoms with E-state index in [1.165, 1.54) is 5.56 Å². The molecule has 4 heteroatoms. The van der Waals surface area contributed by atoms with Crippen molar-refractivity contribution in [2.24, 2.45) is 11.3 Å². The molecule has 1 aromatic carbocycles. The van der Waals surface area contributed by atoms with E-state index in [0.29, 0.717) is 5.92 Å². The molecule has 1 aromatic rings. The summed E-state index contributed by atoms with van der Waals surface area (Å²) in [5, 5.41) is 13.9. The fourth-order valence-corrected chi connectivity index (χ4v) is 3.02. The Hall–Kier alpha value is -0.280. The molecule has 1 heterocycles. The van der Waals surface area contributed by atoms with E-state index in [9.17, 15) is 5.11 Å². The molecule has 1 aliphatic rings. The molecule has 18 heavy (non-hydrogen) atoms. The lowest BCUT2D eigenvalue weighted by molar-refractivity contribution is 0.0964. The van der Waals surface area contributed by atoms with Gasteiger partial charge in [-0.1, -0.05) is 37.1 Å². The van der Waals surface area contributed by atoms with E-state index in [2.05, 4.69) is 24.4 Å². The van der Waals surface area contributed by atoms with Gasteiger partial charge in [-0.3, -0.25) is 0 Å². The number of rotatable bonds is 4. The molecule has 2 N–H and O–H groups in total. The molecule has 2 rings (SSSR count). The van der Waals surface area contributed by atoms with Gasteiger partial charge in [0.2, 0.25) is 0 Å². The van der Waals surface area contributed by atoms with Crippen molar-refractivity contribution in [3.05, 3.63) is 34.9 Å². The van der Waals surface area contributed by atoms with Crippen molar-refractivity contribution in [1.82, 2.24) is 5.32 Å². The summed E-state index contributed by atoms with van der Waals surface area (Å²) in [7, 11) is 0. The maximum Gasteiger partial charge on any atom is 0.0505 e. The molecular weight excluding hydrogens is 269 g/mol. The van der Waals surface area contributed by atoms with Crippen LogP contribution >= 0.6 is 24.0 Å². The second kappa shape index (κ2) is 6.76. The number of nitrogens with one attached hydrogen (secondary N) is 1. The number of benzene rings is 1. The molecule has 2 unspecified atom stereocenters. The second-order valence-electron chi connectivity index (χ2n) is 5.06. The lowest BCUT2D eigenvalue weighted by atomic mass is 9.73. The first-order valence-corrected chi connectivity index (χ1v) is 6.64. The van der Waals surface area contributed by atoms with Gasteiger partial charge in [-0.15, -0.1) is 12.4 Å². The molecule has 0 aromatic heterocycles. The van der Waals surface area contributed by atoms with Crippen molar-refractivity contribution in [1.29, 1.82) is 0 Å². The molecule has 0 radical (unpaired) electrons.